The van der Waals surface area contributed by atoms with Gasteiger partial charge in [0, 0.05) is 36.2 Å². The molecule has 2 unspecified atom stereocenters. The number of primary amides is 1. The normalized spacial score (nSPS) is 15.6. The highest BCUT2D eigenvalue weighted by Gasteiger charge is 2.32. The predicted octanol–water partition coefficient (Wildman–Crippen LogP) is 8.19. The van der Waals surface area contributed by atoms with Gasteiger partial charge in [-0.15, -0.1) is 0 Å². The molecule has 2 amide bonds. The number of fused-ring (bicyclic) bond motifs is 1. The first-order chi connectivity index (χ1) is 23.1. The van der Waals surface area contributed by atoms with Gasteiger partial charge in [-0.05, 0) is 97.2 Å². The van der Waals surface area contributed by atoms with E-state index in [2.05, 4.69) is 19.2 Å². The molecule has 0 radical (unpaired) electrons. The third-order valence-electron chi connectivity index (χ3n) is 9.47. The number of carbonyl (C=O) groups is 1. The van der Waals surface area contributed by atoms with E-state index in [9.17, 15) is 14.7 Å². The molecule has 1 aliphatic heterocycles. The quantitative estimate of drug-likeness (QED) is 0.142. The largest absolute Gasteiger partial charge is 0.508 e. The maximum absolute atomic E-state index is 14.9. The van der Waals surface area contributed by atoms with Crippen molar-refractivity contribution in [2.45, 2.75) is 98.1 Å². The summed E-state index contributed by atoms with van der Waals surface area (Å²) in [4.78, 5) is 34.9. The van der Waals surface area contributed by atoms with Gasteiger partial charge in [-0.25, -0.2) is 9.78 Å². The second-order valence-electron chi connectivity index (χ2n) is 13.6. The summed E-state index contributed by atoms with van der Waals surface area (Å²) in [6.45, 7) is 14.6. The van der Waals surface area contributed by atoms with Crippen molar-refractivity contribution in [2.24, 2.45) is 11.7 Å². The first kappa shape index (κ1) is 35.0. The molecule has 9 nitrogen and oxygen atoms in total. The molecule has 1 aliphatic rings. The Labute approximate surface area is 284 Å². The standard InChI is InChI=1S/C39H51N5O4/c1-7-9-19-43-37-30(16-12-18-42-37)34(26-13-10-15-29(20-26)48-33(8-2)27-14-11-17-41-23-27)36(38(43)46)44(39(40)47)35-31(24(3)4)21-28(45)22-32(35)25(5)6/h10,12-13,15-16,18,20-22,24-25,27,33,41,45H,7-9,11,14,17,19,23H2,1-6H3,(H2,40,47). The number of benzene rings is 2. The summed E-state index contributed by atoms with van der Waals surface area (Å²) in [6.07, 6.45) is 6.46. The second-order valence-corrected chi connectivity index (χ2v) is 13.6. The van der Waals surface area contributed by atoms with Gasteiger partial charge < -0.3 is 20.9 Å². The number of carbonyl (C=O) groups excluding carboxylic acids is 1. The third kappa shape index (κ3) is 7.06. The van der Waals surface area contributed by atoms with Gasteiger partial charge in [0.1, 0.15) is 28.9 Å². The van der Waals surface area contributed by atoms with E-state index in [1.54, 1.807) is 22.9 Å². The van der Waals surface area contributed by atoms with Gasteiger partial charge in [-0.1, -0.05) is 60.1 Å². The zero-order chi connectivity index (χ0) is 34.5. The summed E-state index contributed by atoms with van der Waals surface area (Å²) in [5.41, 5.74) is 9.91. The number of aryl methyl sites for hydroxylation is 1. The summed E-state index contributed by atoms with van der Waals surface area (Å²) >= 11 is 0. The van der Waals surface area contributed by atoms with E-state index in [0.717, 1.165) is 67.3 Å². The maximum Gasteiger partial charge on any atom is 0.324 e. The van der Waals surface area contributed by atoms with Crippen LogP contribution in [0.15, 0.2) is 59.5 Å². The van der Waals surface area contributed by atoms with Gasteiger partial charge in [0.15, 0.2) is 0 Å². The summed E-state index contributed by atoms with van der Waals surface area (Å²) in [5.74, 6) is 1.03. The van der Waals surface area contributed by atoms with E-state index < -0.39 is 6.03 Å². The molecule has 9 heteroatoms. The summed E-state index contributed by atoms with van der Waals surface area (Å²) in [6, 6.07) is 14.1. The van der Waals surface area contributed by atoms with E-state index in [4.69, 9.17) is 15.5 Å². The molecule has 48 heavy (non-hydrogen) atoms. The molecule has 3 heterocycles. The van der Waals surface area contributed by atoms with Gasteiger partial charge >= 0.3 is 6.03 Å². The van der Waals surface area contributed by atoms with Crippen molar-refractivity contribution in [1.29, 1.82) is 0 Å². The Hall–Kier alpha value is -4.37. The van der Waals surface area contributed by atoms with Crippen LogP contribution in [0.5, 0.6) is 11.5 Å². The van der Waals surface area contributed by atoms with Crippen molar-refractivity contribution in [1.82, 2.24) is 14.9 Å². The Balaban J connectivity index is 1.83. The number of urea groups is 1. The van der Waals surface area contributed by atoms with Crippen LogP contribution >= 0.6 is 0 Å². The Morgan fingerprint density at radius 1 is 1.08 bits per heavy atom. The average molecular weight is 654 g/mol. The van der Waals surface area contributed by atoms with Gasteiger partial charge in [0.2, 0.25) is 0 Å². The first-order valence-electron chi connectivity index (χ1n) is 17.5. The lowest BCUT2D eigenvalue weighted by atomic mass is 9.90. The number of aromatic hydroxyl groups is 1. The molecule has 1 fully saturated rings. The summed E-state index contributed by atoms with van der Waals surface area (Å²) < 4.78 is 8.33. The highest BCUT2D eigenvalue weighted by Crippen LogP contribution is 2.45. The van der Waals surface area contributed by atoms with E-state index in [1.165, 1.54) is 4.90 Å². The lowest BCUT2D eigenvalue weighted by molar-refractivity contribution is 0.111. The molecule has 2 atom stereocenters. The molecule has 4 N–H and O–H groups in total. The number of phenolic OH excluding ortho intramolecular Hbond substituents is 1. The molecule has 0 aliphatic carbocycles. The Kier molecular flexibility index (Phi) is 11.1. The molecule has 2 aromatic carbocycles. The van der Waals surface area contributed by atoms with Crippen LogP contribution < -0.4 is 26.2 Å². The van der Waals surface area contributed by atoms with Gasteiger partial charge in [-0.2, -0.15) is 0 Å². The fourth-order valence-electron chi connectivity index (χ4n) is 7.03. The van der Waals surface area contributed by atoms with Crippen molar-refractivity contribution in [2.75, 3.05) is 18.0 Å². The first-order valence-corrected chi connectivity index (χ1v) is 17.5. The number of amides is 2. The van der Waals surface area contributed by atoms with Gasteiger partial charge in [-0.3, -0.25) is 14.3 Å². The van der Waals surface area contributed by atoms with Crippen LogP contribution in [0.25, 0.3) is 22.2 Å². The van der Waals surface area contributed by atoms with Crippen molar-refractivity contribution in [3.05, 3.63) is 76.2 Å². The maximum atomic E-state index is 14.9. The molecular weight excluding hydrogens is 602 g/mol. The molecule has 0 saturated carbocycles. The Morgan fingerprint density at radius 3 is 2.42 bits per heavy atom. The number of nitrogens with one attached hydrogen (secondary N) is 1. The Bertz CT molecular complexity index is 1780. The van der Waals surface area contributed by atoms with E-state index >= 15 is 0 Å². The van der Waals surface area contributed by atoms with Crippen molar-refractivity contribution >= 4 is 28.4 Å². The number of hydrogen-bond acceptors (Lipinski definition) is 6. The van der Waals surface area contributed by atoms with Crippen LogP contribution in [0.3, 0.4) is 0 Å². The minimum absolute atomic E-state index is 0.0364. The van der Waals surface area contributed by atoms with Crippen molar-refractivity contribution in [3.8, 4) is 22.6 Å². The summed E-state index contributed by atoms with van der Waals surface area (Å²) in [7, 11) is 0. The van der Waals surface area contributed by atoms with Crippen LogP contribution in [0.4, 0.5) is 16.2 Å². The molecule has 0 bridgehead atoms. The fourth-order valence-corrected chi connectivity index (χ4v) is 7.03. The smallest absolute Gasteiger partial charge is 0.324 e. The number of ether oxygens (including phenoxy) is 1. The number of piperidine rings is 1. The molecule has 4 aromatic rings. The van der Waals surface area contributed by atoms with Gasteiger partial charge in [0.05, 0.1) is 5.69 Å². The monoisotopic (exact) mass is 653 g/mol. The molecular formula is C39H51N5O4. The average Bonchev–Trinajstić information content (AvgIpc) is 3.07. The van der Waals surface area contributed by atoms with Crippen molar-refractivity contribution < 1.29 is 14.6 Å². The van der Waals surface area contributed by atoms with Crippen LogP contribution in [-0.4, -0.2) is 39.9 Å². The summed E-state index contributed by atoms with van der Waals surface area (Å²) in [5, 5.41) is 15.0. The highest BCUT2D eigenvalue weighted by atomic mass is 16.5. The van der Waals surface area contributed by atoms with Gasteiger partial charge in [0.25, 0.3) is 5.56 Å². The lowest BCUT2D eigenvalue weighted by Gasteiger charge is -2.31. The Morgan fingerprint density at radius 2 is 1.81 bits per heavy atom. The number of phenols is 1. The number of unbranched alkanes of at least 4 members (excludes halogenated alkanes) is 1. The van der Waals surface area contributed by atoms with Crippen LogP contribution in [0.1, 0.15) is 96.6 Å². The highest BCUT2D eigenvalue weighted by molar-refractivity contribution is 6.09. The second kappa shape index (κ2) is 15.2. The number of nitrogens with zero attached hydrogens (tertiary/aromatic N) is 3. The zero-order valence-corrected chi connectivity index (χ0v) is 29.3. The number of hydrogen-bond donors (Lipinski definition) is 3. The van der Waals surface area contributed by atoms with Crippen LogP contribution in [0, 0.1) is 5.92 Å². The minimum atomic E-state index is -0.781. The fraction of sp³-hybridized carbons (Fsp3) is 0.462. The topological polar surface area (TPSA) is 123 Å². The van der Waals surface area contributed by atoms with Crippen LogP contribution in [-0.2, 0) is 6.54 Å². The third-order valence-corrected chi connectivity index (χ3v) is 9.47. The minimum Gasteiger partial charge on any atom is -0.508 e. The number of anilines is 2. The van der Waals surface area contributed by atoms with E-state index in [1.807, 2.05) is 64.1 Å². The number of rotatable bonds is 12. The molecule has 256 valence electrons. The molecule has 2 aromatic heterocycles. The van der Waals surface area contributed by atoms with Crippen LogP contribution in [0.2, 0.25) is 0 Å². The van der Waals surface area contributed by atoms with E-state index in [-0.39, 0.29) is 34.9 Å². The molecule has 5 rings (SSSR count). The lowest BCUT2D eigenvalue weighted by Crippen LogP contribution is -2.39. The van der Waals surface area contributed by atoms with Crippen molar-refractivity contribution in [3.63, 3.8) is 0 Å². The number of pyridine rings is 2. The zero-order valence-electron chi connectivity index (χ0n) is 29.3. The molecule has 0 spiro atoms. The number of aromatic nitrogens is 2. The predicted molar refractivity (Wildman–Crippen MR) is 195 cm³/mol. The molecule has 1 saturated heterocycles. The van der Waals surface area contributed by atoms with E-state index in [0.29, 0.717) is 35.1 Å². The number of nitrogens with two attached hydrogens (primary N) is 1. The SMILES string of the molecule is CCCCn1c(=O)c(N(C(N)=O)c2c(C(C)C)cc(O)cc2C(C)C)c(-c2cccc(OC(CC)C3CCCNC3)c2)c2cccnc21.